The van der Waals surface area contributed by atoms with E-state index in [2.05, 4.69) is 47.5 Å². The van der Waals surface area contributed by atoms with E-state index in [0.29, 0.717) is 11.5 Å². The third-order valence-electron chi connectivity index (χ3n) is 7.11. The van der Waals surface area contributed by atoms with Crippen LogP contribution in [-0.2, 0) is 0 Å². The van der Waals surface area contributed by atoms with Crippen molar-refractivity contribution >= 4 is 17.2 Å². The predicted octanol–water partition coefficient (Wildman–Crippen LogP) is 5.28. The molecule has 0 aromatic carbocycles. The minimum atomic E-state index is 0.465. The number of nitrogens with one attached hydrogen (secondary N) is 1. The zero-order valence-electron chi connectivity index (χ0n) is 17.1. The van der Waals surface area contributed by atoms with Crippen LogP contribution in [0.25, 0.3) is 11.0 Å². The summed E-state index contributed by atoms with van der Waals surface area (Å²) in [5, 5.41) is 8.81. The number of hydrogen-bond acceptors (Lipinski definition) is 3. The fraction of sp³-hybridized carbons (Fsp3) is 0.652. The van der Waals surface area contributed by atoms with Gasteiger partial charge in [-0.1, -0.05) is 20.8 Å². The molecular formula is C23H34N4. The largest absolute Gasteiger partial charge is 0.329 e. The van der Waals surface area contributed by atoms with E-state index < -0.39 is 0 Å². The highest BCUT2D eigenvalue weighted by Gasteiger charge is 2.33. The van der Waals surface area contributed by atoms with Gasteiger partial charge in [0.05, 0.1) is 0 Å². The molecule has 0 radical (unpaired) electrons. The Kier molecular flexibility index (Phi) is 5.11. The lowest BCUT2D eigenvalue weighted by molar-refractivity contribution is 0.0722. The van der Waals surface area contributed by atoms with Crippen molar-refractivity contribution in [2.75, 3.05) is 13.1 Å². The third-order valence-corrected chi connectivity index (χ3v) is 7.11. The average molecular weight is 367 g/mol. The van der Waals surface area contributed by atoms with Crippen LogP contribution in [0.1, 0.15) is 70.9 Å². The fourth-order valence-corrected chi connectivity index (χ4v) is 5.34. The number of aromatic nitrogens is 2. The molecule has 0 amide bonds. The predicted molar refractivity (Wildman–Crippen MR) is 113 cm³/mol. The average Bonchev–Trinajstić information content (AvgIpc) is 3.06. The highest BCUT2D eigenvalue weighted by molar-refractivity contribution is 5.96. The topological polar surface area (TPSA) is 44.9 Å². The van der Waals surface area contributed by atoms with Gasteiger partial charge in [-0.2, -0.15) is 0 Å². The summed E-state index contributed by atoms with van der Waals surface area (Å²) < 4.78 is 2.34. The molecule has 4 nitrogen and oxygen atoms in total. The van der Waals surface area contributed by atoms with Gasteiger partial charge in [-0.3, -0.25) is 0 Å². The molecule has 2 fully saturated rings. The van der Waals surface area contributed by atoms with Crippen LogP contribution in [0, 0.1) is 16.7 Å². The molecule has 0 atom stereocenters. The maximum absolute atomic E-state index is 7.70. The molecule has 0 spiro atoms. The summed E-state index contributed by atoms with van der Waals surface area (Å²) in [5.74, 6) is 0.892. The lowest BCUT2D eigenvalue weighted by atomic mass is 9.71. The first-order valence-corrected chi connectivity index (χ1v) is 10.7. The standard InChI is InChI=1S/C23H34N4/c1-23(2,3)18-6-8-19(9-7-18)26-13-10-20(11-14-26)27-16-17(15-24)21-5-4-12-25-22(21)27/h4-5,12,15-16,18-20,24H,6-11,13-14H2,1-3H3. The Morgan fingerprint density at radius 3 is 2.37 bits per heavy atom. The van der Waals surface area contributed by atoms with Crippen LogP contribution in [0.2, 0.25) is 0 Å². The van der Waals surface area contributed by atoms with E-state index >= 15 is 0 Å². The van der Waals surface area contributed by atoms with Gasteiger partial charge in [-0.05, 0) is 62.0 Å². The summed E-state index contributed by atoms with van der Waals surface area (Å²) >= 11 is 0. The molecule has 1 N–H and O–H groups in total. The van der Waals surface area contributed by atoms with Gasteiger partial charge in [0.25, 0.3) is 0 Å². The van der Waals surface area contributed by atoms with Crippen molar-refractivity contribution in [2.24, 2.45) is 11.3 Å². The van der Waals surface area contributed by atoms with Crippen LogP contribution < -0.4 is 0 Å². The molecule has 2 aromatic rings. The second kappa shape index (κ2) is 7.38. The first-order chi connectivity index (χ1) is 13.0. The lowest BCUT2D eigenvalue weighted by Gasteiger charge is -2.43. The molecule has 4 heteroatoms. The summed E-state index contributed by atoms with van der Waals surface area (Å²) in [5.41, 5.74) is 2.49. The molecule has 0 bridgehead atoms. The van der Waals surface area contributed by atoms with E-state index in [0.717, 1.165) is 28.6 Å². The molecule has 1 saturated heterocycles. The van der Waals surface area contributed by atoms with Crippen molar-refractivity contribution < 1.29 is 0 Å². The number of nitrogens with zero attached hydrogens (tertiary/aromatic N) is 3. The van der Waals surface area contributed by atoms with Gasteiger partial charge in [-0.25, -0.2) is 4.98 Å². The van der Waals surface area contributed by atoms with Crippen molar-refractivity contribution in [3.8, 4) is 0 Å². The Hall–Kier alpha value is -1.68. The van der Waals surface area contributed by atoms with E-state index in [4.69, 9.17) is 5.41 Å². The van der Waals surface area contributed by atoms with Gasteiger partial charge < -0.3 is 14.9 Å². The molecule has 1 aliphatic carbocycles. The van der Waals surface area contributed by atoms with Crippen LogP contribution in [-0.4, -0.2) is 39.8 Å². The number of pyridine rings is 1. The first-order valence-electron chi connectivity index (χ1n) is 10.7. The highest BCUT2D eigenvalue weighted by Crippen LogP contribution is 2.40. The van der Waals surface area contributed by atoms with E-state index in [1.165, 1.54) is 57.8 Å². The number of piperidine rings is 1. The normalized spacial score (nSPS) is 25.7. The van der Waals surface area contributed by atoms with E-state index in [1.807, 2.05) is 12.3 Å². The summed E-state index contributed by atoms with van der Waals surface area (Å²) in [6.07, 6.45) is 13.4. The molecule has 2 aliphatic rings. The van der Waals surface area contributed by atoms with Crippen molar-refractivity contribution in [3.05, 3.63) is 30.1 Å². The molecule has 3 heterocycles. The molecule has 146 valence electrons. The molecule has 0 unspecified atom stereocenters. The molecule has 1 aliphatic heterocycles. The van der Waals surface area contributed by atoms with E-state index in [1.54, 1.807) is 0 Å². The first kappa shape index (κ1) is 18.7. The Bertz CT molecular complexity index is 784. The van der Waals surface area contributed by atoms with Crippen molar-refractivity contribution in [1.29, 1.82) is 5.41 Å². The molecule has 27 heavy (non-hydrogen) atoms. The second-order valence-corrected chi connectivity index (χ2v) is 9.65. The number of rotatable bonds is 3. The van der Waals surface area contributed by atoms with Crippen molar-refractivity contribution in [3.63, 3.8) is 0 Å². The third kappa shape index (κ3) is 3.69. The minimum absolute atomic E-state index is 0.465. The van der Waals surface area contributed by atoms with Gasteiger partial charge in [0.2, 0.25) is 0 Å². The zero-order valence-corrected chi connectivity index (χ0v) is 17.1. The minimum Gasteiger partial charge on any atom is -0.329 e. The Balaban J connectivity index is 1.40. The zero-order chi connectivity index (χ0) is 19.0. The number of hydrogen-bond donors (Lipinski definition) is 1. The molecule has 4 rings (SSSR count). The lowest BCUT2D eigenvalue weighted by Crippen LogP contribution is -2.44. The highest BCUT2D eigenvalue weighted by atomic mass is 15.2. The summed E-state index contributed by atoms with van der Waals surface area (Å²) in [7, 11) is 0. The van der Waals surface area contributed by atoms with E-state index in [9.17, 15) is 0 Å². The molecule has 1 saturated carbocycles. The van der Waals surface area contributed by atoms with Gasteiger partial charge in [0.15, 0.2) is 0 Å². The molecule has 2 aromatic heterocycles. The van der Waals surface area contributed by atoms with Crippen LogP contribution in [0.3, 0.4) is 0 Å². The fourth-order valence-electron chi connectivity index (χ4n) is 5.34. The maximum atomic E-state index is 7.70. The Labute approximate surface area is 163 Å². The summed E-state index contributed by atoms with van der Waals surface area (Å²) in [6, 6.07) is 5.36. The number of fused-ring (bicyclic) bond motifs is 1. The quantitative estimate of drug-likeness (QED) is 0.752. The van der Waals surface area contributed by atoms with Gasteiger partial charge in [0, 0.05) is 54.7 Å². The maximum Gasteiger partial charge on any atom is 0.140 e. The van der Waals surface area contributed by atoms with Crippen LogP contribution in [0.4, 0.5) is 0 Å². The summed E-state index contributed by atoms with van der Waals surface area (Å²) in [6.45, 7) is 9.61. The van der Waals surface area contributed by atoms with E-state index in [-0.39, 0.29) is 0 Å². The SMILES string of the molecule is CC(C)(C)C1CCC(N2CCC(n3cc(C=N)c4cccnc43)CC2)CC1. The van der Waals surface area contributed by atoms with Crippen molar-refractivity contribution in [1.82, 2.24) is 14.5 Å². The van der Waals surface area contributed by atoms with Gasteiger partial charge >= 0.3 is 0 Å². The van der Waals surface area contributed by atoms with Crippen LogP contribution in [0.5, 0.6) is 0 Å². The number of likely N-dealkylation sites (tertiary alicyclic amines) is 1. The second-order valence-electron chi connectivity index (χ2n) is 9.65. The van der Waals surface area contributed by atoms with Crippen LogP contribution >= 0.6 is 0 Å². The van der Waals surface area contributed by atoms with Crippen LogP contribution in [0.15, 0.2) is 24.5 Å². The molecular weight excluding hydrogens is 332 g/mol. The monoisotopic (exact) mass is 366 g/mol. The van der Waals surface area contributed by atoms with Crippen molar-refractivity contribution in [2.45, 2.75) is 71.4 Å². The Morgan fingerprint density at radius 1 is 1.04 bits per heavy atom. The van der Waals surface area contributed by atoms with Gasteiger partial charge in [-0.15, -0.1) is 0 Å². The Morgan fingerprint density at radius 2 is 1.74 bits per heavy atom. The van der Waals surface area contributed by atoms with Gasteiger partial charge in [0.1, 0.15) is 5.65 Å². The smallest absolute Gasteiger partial charge is 0.140 e. The summed E-state index contributed by atoms with van der Waals surface area (Å²) in [4.78, 5) is 7.37.